The zero-order valence-corrected chi connectivity index (χ0v) is 11.7. The number of methoxy groups -OCH3 is 1. The van der Waals surface area contributed by atoms with Crippen molar-refractivity contribution in [2.24, 2.45) is 5.92 Å². The second-order valence-corrected chi connectivity index (χ2v) is 5.35. The van der Waals surface area contributed by atoms with Gasteiger partial charge in [0.25, 0.3) is 0 Å². The summed E-state index contributed by atoms with van der Waals surface area (Å²) in [6.07, 6.45) is 7.75. The smallest absolute Gasteiger partial charge is 0.341 e. The van der Waals surface area contributed by atoms with Crippen LogP contribution in [0.1, 0.15) is 49.4 Å². The predicted molar refractivity (Wildman–Crippen MR) is 75.2 cm³/mol. The molecule has 1 aromatic rings. The molecule has 1 fully saturated rings. The zero-order chi connectivity index (χ0) is 13.7. The minimum atomic E-state index is -0.336. The summed E-state index contributed by atoms with van der Waals surface area (Å²) in [7, 11) is 1.40. The highest BCUT2D eigenvalue weighted by atomic mass is 16.5. The summed E-state index contributed by atoms with van der Waals surface area (Å²) in [5.74, 6) is 1.11. The summed E-state index contributed by atoms with van der Waals surface area (Å²) < 4.78 is 4.79. The lowest BCUT2D eigenvalue weighted by Gasteiger charge is -2.18. The first-order valence-corrected chi connectivity index (χ1v) is 7.00. The molecule has 0 saturated heterocycles. The predicted octanol–water partition coefficient (Wildman–Crippen LogP) is 3.25. The van der Waals surface area contributed by atoms with Gasteiger partial charge in [0.15, 0.2) is 0 Å². The number of esters is 1. The first kappa shape index (κ1) is 13.8. The summed E-state index contributed by atoms with van der Waals surface area (Å²) in [5, 5.41) is 3.41. The van der Waals surface area contributed by atoms with Gasteiger partial charge in [-0.05, 0) is 37.3 Å². The van der Waals surface area contributed by atoms with E-state index in [4.69, 9.17) is 4.74 Å². The lowest BCUT2D eigenvalue weighted by atomic mass is 10.0. The third kappa shape index (κ3) is 3.69. The normalized spacial score (nSPS) is 23.5. The Morgan fingerprint density at radius 3 is 3.00 bits per heavy atom. The van der Waals surface area contributed by atoms with Crippen molar-refractivity contribution in [2.75, 3.05) is 12.4 Å². The molecule has 0 radical (unpaired) electrons. The SMILES string of the molecule is COC(=O)c1cccnc1NC1CCCC(C)CC1. The Bertz CT molecular complexity index is 434. The van der Waals surface area contributed by atoms with E-state index >= 15 is 0 Å². The summed E-state index contributed by atoms with van der Waals surface area (Å²) in [6.45, 7) is 2.31. The van der Waals surface area contributed by atoms with E-state index < -0.39 is 0 Å². The van der Waals surface area contributed by atoms with Gasteiger partial charge in [0.1, 0.15) is 11.4 Å². The molecule has 1 aliphatic rings. The molecule has 0 aliphatic heterocycles. The highest BCUT2D eigenvalue weighted by Gasteiger charge is 2.19. The van der Waals surface area contributed by atoms with Gasteiger partial charge in [0, 0.05) is 12.2 Å². The fraction of sp³-hybridized carbons (Fsp3) is 0.600. The summed E-state index contributed by atoms with van der Waals surface area (Å²) in [6, 6.07) is 3.91. The van der Waals surface area contributed by atoms with Gasteiger partial charge in [-0.25, -0.2) is 9.78 Å². The van der Waals surface area contributed by atoms with E-state index in [1.54, 1.807) is 18.3 Å². The van der Waals surface area contributed by atoms with Crippen LogP contribution in [0.4, 0.5) is 5.82 Å². The van der Waals surface area contributed by atoms with Crippen LogP contribution in [0.2, 0.25) is 0 Å². The number of hydrogen-bond acceptors (Lipinski definition) is 4. The third-order valence-electron chi connectivity index (χ3n) is 3.81. The summed E-state index contributed by atoms with van der Waals surface area (Å²) in [4.78, 5) is 16.0. The average Bonchev–Trinajstić information content (AvgIpc) is 2.63. The van der Waals surface area contributed by atoms with Crippen molar-refractivity contribution in [3.8, 4) is 0 Å². The Labute approximate surface area is 114 Å². The van der Waals surface area contributed by atoms with Crippen molar-refractivity contribution < 1.29 is 9.53 Å². The lowest BCUT2D eigenvalue weighted by Crippen LogP contribution is -2.21. The highest BCUT2D eigenvalue weighted by Crippen LogP contribution is 2.25. The highest BCUT2D eigenvalue weighted by molar-refractivity contribution is 5.94. The van der Waals surface area contributed by atoms with Crippen molar-refractivity contribution >= 4 is 11.8 Å². The largest absolute Gasteiger partial charge is 0.465 e. The molecule has 1 aromatic heterocycles. The van der Waals surface area contributed by atoms with Crippen molar-refractivity contribution in [3.05, 3.63) is 23.9 Å². The number of nitrogens with zero attached hydrogens (tertiary/aromatic N) is 1. The molecule has 2 atom stereocenters. The molecule has 0 bridgehead atoms. The van der Waals surface area contributed by atoms with Gasteiger partial charge in [0.05, 0.1) is 7.11 Å². The molecule has 0 spiro atoms. The number of carbonyl (C=O) groups excluding carboxylic acids is 1. The molecule has 2 unspecified atom stereocenters. The maximum Gasteiger partial charge on any atom is 0.341 e. The standard InChI is InChI=1S/C15H22N2O2/c1-11-5-3-6-12(9-8-11)17-14-13(15(18)19-2)7-4-10-16-14/h4,7,10-12H,3,5-6,8-9H2,1-2H3,(H,16,17). The number of ether oxygens (including phenoxy) is 1. The molecular weight excluding hydrogens is 240 g/mol. The Morgan fingerprint density at radius 2 is 2.21 bits per heavy atom. The van der Waals surface area contributed by atoms with Crippen LogP contribution in [0.25, 0.3) is 0 Å². The van der Waals surface area contributed by atoms with E-state index in [-0.39, 0.29) is 5.97 Å². The molecule has 4 nitrogen and oxygen atoms in total. The second kappa shape index (κ2) is 6.55. The maximum atomic E-state index is 11.7. The van der Waals surface area contributed by atoms with Crippen LogP contribution in [0.3, 0.4) is 0 Å². The van der Waals surface area contributed by atoms with Crippen LogP contribution < -0.4 is 5.32 Å². The van der Waals surface area contributed by atoms with Crippen molar-refractivity contribution in [1.29, 1.82) is 0 Å². The van der Waals surface area contributed by atoms with Gasteiger partial charge in [-0.15, -0.1) is 0 Å². The molecule has 1 heterocycles. The van der Waals surface area contributed by atoms with E-state index in [2.05, 4.69) is 17.2 Å². The number of pyridine rings is 1. The topological polar surface area (TPSA) is 51.2 Å². The van der Waals surface area contributed by atoms with Crippen LogP contribution in [0, 0.1) is 5.92 Å². The van der Waals surface area contributed by atoms with Crippen LogP contribution in [-0.4, -0.2) is 24.1 Å². The molecule has 19 heavy (non-hydrogen) atoms. The van der Waals surface area contributed by atoms with Gasteiger partial charge in [-0.2, -0.15) is 0 Å². The van der Waals surface area contributed by atoms with Crippen LogP contribution in [-0.2, 0) is 4.74 Å². The van der Waals surface area contributed by atoms with Crippen molar-refractivity contribution in [3.63, 3.8) is 0 Å². The monoisotopic (exact) mass is 262 g/mol. The van der Waals surface area contributed by atoms with E-state index in [1.807, 2.05) is 0 Å². The Kier molecular flexibility index (Phi) is 4.77. The van der Waals surface area contributed by atoms with E-state index in [0.717, 1.165) is 18.8 Å². The van der Waals surface area contributed by atoms with Gasteiger partial charge in [-0.1, -0.05) is 19.8 Å². The second-order valence-electron chi connectivity index (χ2n) is 5.35. The first-order chi connectivity index (χ1) is 9.20. The first-order valence-electron chi connectivity index (χ1n) is 7.00. The maximum absolute atomic E-state index is 11.7. The van der Waals surface area contributed by atoms with E-state index in [1.165, 1.54) is 26.4 Å². The zero-order valence-electron chi connectivity index (χ0n) is 11.7. The summed E-state index contributed by atoms with van der Waals surface area (Å²) >= 11 is 0. The Balaban J connectivity index is 2.08. The number of aromatic nitrogens is 1. The minimum absolute atomic E-state index is 0.336. The molecule has 0 aromatic carbocycles. The molecule has 1 aliphatic carbocycles. The molecule has 2 rings (SSSR count). The van der Waals surface area contributed by atoms with Crippen LogP contribution >= 0.6 is 0 Å². The molecule has 1 N–H and O–H groups in total. The average molecular weight is 262 g/mol. The number of nitrogens with one attached hydrogen (secondary N) is 1. The Hall–Kier alpha value is -1.58. The molecule has 4 heteroatoms. The molecule has 104 valence electrons. The fourth-order valence-corrected chi connectivity index (χ4v) is 2.62. The number of anilines is 1. The third-order valence-corrected chi connectivity index (χ3v) is 3.81. The lowest BCUT2D eigenvalue weighted by molar-refractivity contribution is 0.0601. The van der Waals surface area contributed by atoms with Crippen molar-refractivity contribution in [2.45, 2.75) is 45.1 Å². The van der Waals surface area contributed by atoms with Gasteiger partial charge >= 0.3 is 5.97 Å². The van der Waals surface area contributed by atoms with Crippen LogP contribution in [0.5, 0.6) is 0 Å². The Morgan fingerprint density at radius 1 is 1.37 bits per heavy atom. The van der Waals surface area contributed by atoms with E-state index in [9.17, 15) is 4.79 Å². The number of rotatable bonds is 3. The van der Waals surface area contributed by atoms with Crippen LogP contribution in [0.15, 0.2) is 18.3 Å². The fourth-order valence-electron chi connectivity index (χ4n) is 2.62. The van der Waals surface area contributed by atoms with Gasteiger partial charge in [-0.3, -0.25) is 0 Å². The molecule has 0 amide bonds. The molecule has 1 saturated carbocycles. The summed E-state index contributed by atoms with van der Waals surface area (Å²) in [5.41, 5.74) is 0.516. The number of hydrogen-bond donors (Lipinski definition) is 1. The number of carbonyl (C=O) groups is 1. The van der Waals surface area contributed by atoms with Crippen molar-refractivity contribution in [1.82, 2.24) is 4.98 Å². The minimum Gasteiger partial charge on any atom is -0.465 e. The van der Waals surface area contributed by atoms with E-state index in [0.29, 0.717) is 17.4 Å². The van der Waals surface area contributed by atoms with Gasteiger partial charge < -0.3 is 10.1 Å². The van der Waals surface area contributed by atoms with Gasteiger partial charge in [0.2, 0.25) is 0 Å². The molecular formula is C15H22N2O2. The quantitative estimate of drug-likeness (QED) is 0.671.